The number of hydrogen-bond acceptors (Lipinski definition) is 3. The van der Waals surface area contributed by atoms with Crippen molar-refractivity contribution in [3.8, 4) is 39.4 Å². The maximum atomic E-state index is 6.30. The van der Waals surface area contributed by atoms with Crippen LogP contribution in [0.2, 0.25) is 0 Å². The Morgan fingerprint density at radius 1 is 0.328 bits per heavy atom. The van der Waals surface area contributed by atoms with Gasteiger partial charge < -0.3 is 19.1 Å². The number of ether oxygens (including phenoxy) is 1. The highest BCUT2D eigenvalue weighted by Crippen LogP contribution is 2.50. The molecule has 0 fully saturated rings. The number of anilines is 6. The van der Waals surface area contributed by atoms with Gasteiger partial charge in [-0.15, -0.1) is 0 Å². The summed E-state index contributed by atoms with van der Waals surface area (Å²) >= 11 is 0. The van der Waals surface area contributed by atoms with E-state index >= 15 is 0 Å². The summed E-state index contributed by atoms with van der Waals surface area (Å²) in [6, 6.07) is 79.8. The number of fused-ring (bicyclic) bond motifs is 5. The molecule has 0 aliphatic carbocycles. The summed E-state index contributed by atoms with van der Waals surface area (Å²) in [5, 5.41) is 2.43. The maximum absolute atomic E-state index is 6.30. The molecule has 1 aliphatic heterocycles. The second-order valence-corrected chi connectivity index (χ2v) is 14.6. The Balaban J connectivity index is 0.991. The summed E-state index contributed by atoms with van der Waals surface area (Å²) in [5.41, 5.74) is 14.6. The number of rotatable bonds is 7. The number of nitrogens with zero attached hydrogens (tertiary/aromatic N) is 3. The van der Waals surface area contributed by atoms with Crippen LogP contribution < -0.4 is 14.5 Å². The molecule has 0 bridgehead atoms. The summed E-state index contributed by atoms with van der Waals surface area (Å²) in [4.78, 5) is 4.63. The monoisotopic (exact) mass is 743 g/mol. The molecule has 0 radical (unpaired) electrons. The van der Waals surface area contributed by atoms with Crippen LogP contribution in [-0.2, 0) is 0 Å². The lowest BCUT2D eigenvalue weighted by Crippen LogP contribution is -2.15. The summed E-state index contributed by atoms with van der Waals surface area (Å²) in [6.45, 7) is 0. The Morgan fingerprint density at radius 2 is 0.793 bits per heavy atom. The third kappa shape index (κ3) is 5.78. The molecule has 4 heteroatoms. The molecule has 2 heterocycles. The van der Waals surface area contributed by atoms with Gasteiger partial charge in [0.2, 0.25) is 0 Å². The molecule has 11 rings (SSSR count). The molecule has 0 amide bonds. The fourth-order valence-electron chi connectivity index (χ4n) is 8.42. The Hall–Kier alpha value is -7.82. The number of para-hydroxylation sites is 6. The Bertz CT molecular complexity index is 3020. The van der Waals surface area contributed by atoms with E-state index in [1.165, 1.54) is 38.5 Å². The molecule has 58 heavy (non-hydrogen) atoms. The van der Waals surface area contributed by atoms with Crippen LogP contribution in [0.25, 0.3) is 49.7 Å². The number of benzene rings is 9. The highest BCUT2D eigenvalue weighted by atomic mass is 16.5. The fraction of sp³-hybridized carbons (Fsp3) is 0. The van der Waals surface area contributed by atoms with Crippen LogP contribution in [0.1, 0.15) is 0 Å². The predicted octanol–water partition coefficient (Wildman–Crippen LogP) is 15.2. The van der Waals surface area contributed by atoms with Crippen molar-refractivity contribution in [1.82, 2.24) is 4.57 Å². The molecule has 0 atom stereocenters. The highest BCUT2D eigenvalue weighted by Gasteiger charge is 2.25. The first kappa shape index (κ1) is 33.5. The predicted molar refractivity (Wildman–Crippen MR) is 241 cm³/mol. The van der Waals surface area contributed by atoms with E-state index in [0.717, 1.165) is 56.8 Å². The van der Waals surface area contributed by atoms with Crippen LogP contribution in [0.3, 0.4) is 0 Å². The lowest BCUT2D eigenvalue weighted by Gasteiger charge is -2.32. The molecule has 10 aromatic rings. The van der Waals surface area contributed by atoms with E-state index in [2.05, 4.69) is 215 Å². The van der Waals surface area contributed by atoms with E-state index in [1.807, 2.05) is 24.3 Å². The molecule has 0 N–H and O–H groups in total. The van der Waals surface area contributed by atoms with Gasteiger partial charge in [0.05, 0.1) is 22.4 Å². The molecular formula is C54H37N3O. The van der Waals surface area contributed by atoms with Crippen LogP contribution >= 0.6 is 0 Å². The quantitative estimate of drug-likeness (QED) is 0.162. The zero-order valence-corrected chi connectivity index (χ0v) is 31.6. The van der Waals surface area contributed by atoms with Crippen LogP contribution in [0.5, 0.6) is 11.5 Å². The molecule has 1 aliphatic rings. The van der Waals surface area contributed by atoms with Crippen LogP contribution in [0.4, 0.5) is 34.1 Å². The van der Waals surface area contributed by atoms with E-state index in [4.69, 9.17) is 4.74 Å². The minimum Gasteiger partial charge on any atom is -0.453 e. The smallest absolute Gasteiger partial charge is 0.151 e. The lowest BCUT2D eigenvalue weighted by molar-refractivity contribution is 0.477. The van der Waals surface area contributed by atoms with Gasteiger partial charge in [0, 0.05) is 39.2 Å². The van der Waals surface area contributed by atoms with E-state index in [-0.39, 0.29) is 0 Å². The maximum Gasteiger partial charge on any atom is 0.151 e. The van der Waals surface area contributed by atoms with Crippen LogP contribution in [0.15, 0.2) is 224 Å². The third-order valence-electron chi connectivity index (χ3n) is 11.2. The third-order valence-corrected chi connectivity index (χ3v) is 11.2. The average molecular weight is 744 g/mol. The topological polar surface area (TPSA) is 20.6 Å². The molecule has 0 spiro atoms. The van der Waals surface area contributed by atoms with E-state index in [0.29, 0.717) is 0 Å². The fourth-order valence-corrected chi connectivity index (χ4v) is 8.42. The number of aromatic nitrogens is 1. The Morgan fingerprint density at radius 3 is 1.45 bits per heavy atom. The van der Waals surface area contributed by atoms with Gasteiger partial charge in [-0.05, 0) is 113 Å². The molecule has 9 aromatic carbocycles. The second-order valence-electron chi connectivity index (χ2n) is 14.6. The van der Waals surface area contributed by atoms with Crippen molar-refractivity contribution in [2.75, 3.05) is 9.80 Å². The SMILES string of the molecule is c1ccc(-c2ccc(-c3ccc(N(c4ccccc4)c4ccc5c6ccccc6n(-c6ccc(N7c8ccccc8Oc8ccccc87)cc6)c5c4)cc3)cc2)cc1. The Kier molecular flexibility index (Phi) is 8.11. The summed E-state index contributed by atoms with van der Waals surface area (Å²) < 4.78 is 8.69. The normalized spacial score (nSPS) is 11.9. The van der Waals surface area contributed by atoms with E-state index in [9.17, 15) is 0 Å². The van der Waals surface area contributed by atoms with Crippen LogP contribution in [0, 0.1) is 0 Å². The molecule has 4 nitrogen and oxygen atoms in total. The zero-order valence-electron chi connectivity index (χ0n) is 31.6. The molecule has 1 aromatic heterocycles. The minimum absolute atomic E-state index is 0.843. The molecule has 274 valence electrons. The highest BCUT2D eigenvalue weighted by molar-refractivity contribution is 6.10. The minimum atomic E-state index is 0.843. The van der Waals surface area contributed by atoms with Crippen molar-refractivity contribution in [2.24, 2.45) is 0 Å². The first-order valence-electron chi connectivity index (χ1n) is 19.7. The first-order valence-corrected chi connectivity index (χ1v) is 19.7. The molecule has 0 saturated carbocycles. The van der Waals surface area contributed by atoms with E-state index in [1.54, 1.807) is 0 Å². The van der Waals surface area contributed by atoms with Crippen molar-refractivity contribution in [1.29, 1.82) is 0 Å². The molecule has 0 unspecified atom stereocenters. The van der Waals surface area contributed by atoms with Gasteiger partial charge >= 0.3 is 0 Å². The Labute approximate surface area is 337 Å². The van der Waals surface area contributed by atoms with Crippen molar-refractivity contribution < 1.29 is 4.74 Å². The zero-order chi connectivity index (χ0) is 38.4. The molecule has 0 saturated heterocycles. The van der Waals surface area contributed by atoms with Crippen molar-refractivity contribution in [2.45, 2.75) is 0 Å². The average Bonchev–Trinajstić information content (AvgIpc) is 3.63. The number of hydrogen-bond donors (Lipinski definition) is 0. The standard InChI is InChI=1S/C54H37N3O/c1-3-13-38(14-4-1)39-23-25-40(26-24-39)41-27-29-43(30-28-41)55(42-15-5-2-6-16-42)46-35-36-48-47-17-7-8-18-49(47)56(52(48)37-46)44-31-33-45(34-32-44)57-50-19-9-11-21-53(50)58-54-22-12-10-20-51(54)57/h1-37H. The van der Waals surface area contributed by atoms with Crippen molar-refractivity contribution >= 4 is 55.9 Å². The first-order chi connectivity index (χ1) is 28.8. The summed E-state index contributed by atoms with van der Waals surface area (Å²) in [5.74, 6) is 1.69. The van der Waals surface area contributed by atoms with Gasteiger partial charge in [0.25, 0.3) is 0 Å². The van der Waals surface area contributed by atoms with Gasteiger partial charge in [-0.3, -0.25) is 0 Å². The summed E-state index contributed by atoms with van der Waals surface area (Å²) in [7, 11) is 0. The van der Waals surface area contributed by atoms with E-state index < -0.39 is 0 Å². The summed E-state index contributed by atoms with van der Waals surface area (Å²) in [6.07, 6.45) is 0. The van der Waals surface area contributed by atoms with Gasteiger partial charge in [-0.2, -0.15) is 0 Å². The van der Waals surface area contributed by atoms with Crippen molar-refractivity contribution in [3.05, 3.63) is 224 Å². The van der Waals surface area contributed by atoms with Gasteiger partial charge in [-0.1, -0.05) is 133 Å². The second kappa shape index (κ2) is 14.0. The largest absolute Gasteiger partial charge is 0.453 e. The van der Waals surface area contributed by atoms with Crippen molar-refractivity contribution in [3.63, 3.8) is 0 Å². The lowest BCUT2D eigenvalue weighted by atomic mass is 10.00. The molecular weight excluding hydrogens is 707 g/mol. The van der Waals surface area contributed by atoms with Crippen LogP contribution in [-0.4, -0.2) is 4.57 Å². The van der Waals surface area contributed by atoms with Gasteiger partial charge in [0.15, 0.2) is 11.5 Å². The van der Waals surface area contributed by atoms with Gasteiger partial charge in [0.1, 0.15) is 0 Å². The van der Waals surface area contributed by atoms with Gasteiger partial charge in [-0.25, -0.2) is 0 Å².